The highest BCUT2D eigenvalue weighted by Gasteiger charge is 2.19. The second-order valence-electron chi connectivity index (χ2n) is 6.51. The summed E-state index contributed by atoms with van der Waals surface area (Å²) in [4.78, 5) is 16.6. The van der Waals surface area contributed by atoms with Gasteiger partial charge >= 0.3 is 0 Å². The van der Waals surface area contributed by atoms with Gasteiger partial charge in [0.15, 0.2) is 0 Å². The summed E-state index contributed by atoms with van der Waals surface area (Å²) in [6, 6.07) is 10.7. The molecule has 2 aliphatic heterocycles. The predicted octanol–water partition coefficient (Wildman–Crippen LogP) is 2.64. The third kappa shape index (κ3) is 3.79. The lowest BCUT2D eigenvalue weighted by Crippen LogP contribution is -2.43. The maximum absolute atomic E-state index is 8.36. The summed E-state index contributed by atoms with van der Waals surface area (Å²) in [5.41, 5.74) is 4.77. The third-order valence-corrected chi connectivity index (χ3v) is 5.80. The van der Waals surface area contributed by atoms with Gasteiger partial charge in [-0.25, -0.2) is 0 Å². The number of piperazine rings is 1. The molecule has 0 saturated carbocycles. The van der Waals surface area contributed by atoms with Gasteiger partial charge in [-0.3, -0.25) is 13.8 Å². The molecule has 2 N–H and O–H groups in total. The number of fused-ring (bicyclic) bond motifs is 2. The molecule has 0 bridgehead atoms. The number of benzene rings is 1. The van der Waals surface area contributed by atoms with Crippen LogP contribution in [0.5, 0.6) is 5.75 Å². The molecule has 1 saturated heterocycles. The van der Waals surface area contributed by atoms with E-state index in [1.54, 1.807) is 11.9 Å². The number of anilines is 1. The molecule has 0 unspecified atom stereocenters. The molecule has 146 valence electrons. The largest absolute Gasteiger partial charge is 0.493 e. The average Bonchev–Trinajstić information content (AvgIpc) is 3.34. The number of pyridine rings is 1. The Balaban J connectivity index is 0.000000604. The normalized spacial score (nSPS) is 15.5. The van der Waals surface area contributed by atoms with Crippen molar-refractivity contribution in [2.24, 2.45) is 0 Å². The SMILES string of the molecule is O=CO.c1cnc2c(N3CCNCC3)cn(Sc3ccc4c(c3)OCC4)c2c1. The lowest BCUT2D eigenvalue weighted by atomic mass is 10.2. The fourth-order valence-corrected chi connectivity index (χ4v) is 4.46. The quantitative estimate of drug-likeness (QED) is 0.657. The van der Waals surface area contributed by atoms with Gasteiger partial charge in [0.2, 0.25) is 0 Å². The highest BCUT2D eigenvalue weighted by Crippen LogP contribution is 2.36. The first-order valence-corrected chi connectivity index (χ1v) is 10.0. The minimum Gasteiger partial charge on any atom is -0.493 e. The van der Waals surface area contributed by atoms with Crippen LogP contribution in [0.2, 0.25) is 0 Å². The van der Waals surface area contributed by atoms with E-state index >= 15 is 0 Å². The Kier molecular flexibility index (Phi) is 5.68. The highest BCUT2D eigenvalue weighted by atomic mass is 32.2. The molecule has 0 spiro atoms. The van der Waals surface area contributed by atoms with E-state index in [0.717, 1.165) is 56.0 Å². The first kappa shape index (κ1) is 18.6. The number of hydrogen-bond donors (Lipinski definition) is 2. The summed E-state index contributed by atoms with van der Waals surface area (Å²) in [5, 5.41) is 10.3. The van der Waals surface area contributed by atoms with Crippen molar-refractivity contribution in [1.82, 2.24) is 14.3 Å². The summed E-state index contributed by atoms with van der Waals surface area (Å²) < 4.78 is 7.95. The van der Waals surface area contributed by atoms with Gasteiger partial charge in [-0.15, -0.1) is 0 Å². The van der Waals surface area contributed by atoms with Crippen molar-refractivity contribution >= 4 is 35.1 Å². The molecule has 2 aromatic heterocycles. The van der Waals surface area contributed by atoms with Gasteiger partial charge < -0.3 is 20.1 Å². The Morgan fingerprint density at radius 3 is 2.89 bits per heavy atom. The molecular formula is C20H22N4O3S. The summed E-state index contributed by atoms with van der Waals surface area (Å²) in [6.45, 7) is 4.64. The zero-order valence-corrected chi connectivity index (χ0v) is 16.2. The molecule has 2 aliphatic rings. The van der Waals surface area contributed by atoms with Crippen LogP contribution in [-0.4, -0.2) is 53.3 Å². The molecule has 1 aromatic carbocycles. The molecule has 0 aliphatic carbocycles. The zero-order chi connectivity index (χ0) is 19.3. The van der Waals surface area contributed by atoms with Crippen LogP contribution in [0.3, 0.4) is 0 Å². The van der Waals surface area contributed by atoms with Crippen molar-refractivity contribution in [3.63, 3.8) is 0 Å². The summed E-state index contributed by atoms with van der Waals surface area (Å²) >= 11 is 1.72. The van der Waals surface area contributed by atoms with Crippen molar-refractivity contribution in [2.75, 3.05) is 37.7 Å². The van der Waals surface area contributed by atoms with Crippen molar-refractivity contribution in [2.45, 2.75) is 11.3 Å². The molecular weight excluding hydrogens is 376 g/mol. The topological polar surface area (TPSA) is 79.6 Å². The van der Waals surface area contributed by atoms with E-state index in [1.807, 2.05) is 12.3 Å². The Bertz CT molecular complexity index is 969. The van der Waals surface area contributed by atoms with Gasteiger partial charge in [-0.1, -0.05) is 6.07 Å². The smallest absolute Gasteiger partial charge is 0.290 e. The number of carbonyl (C=O) groups is 1. The maximum Gasteiger partial charge on any atom is 0.290 e. The maximum atomic E-state index is 8.36. The lowest BCUT2D eigenvalue weighted by Gasteiger charge is -2.28. The van der Waals surface area contributed by atoms with E-state index in [9.17, 15) is 0 Å². The van der Waals surface area contributed by atoms with E-state index in [0.29, 0.717) is 0 Å². The van der Waals surface area contributed by atoms with E-state index in [-0.39, 0.29) is 6.47 Å². The van der Waals surface area contributed by atoms with Crippen molar-refractivity contribution in [3.8, 4) is 5.75 Å². The van der Waals surface area contributed by atoms with Crippen molar-refractivity contribution < 1.29 is 14.6 Å². The molecule has 3 aromatic rings. The number of carboxylic acid groups (broad SMARTS) is 1. The third-order valence-electron chi connectivity index (χ3n) is 4.84. The molecule has 7 nitrogen and oxygen atoms in total. The van der Waals surface area contributed by atoms with E-state index < -0.39 is 0 Å². The van der Waals surface area contributed by atoms with E-state index in [2.05, 4.69) is 49.6 Å². The van der Waals surface area contributed by atoms with Crippen LogP contribution in [0.1, 0.15) is 5.56 Å². The van der Waals surface area contributed by atoms with Gasteiger partial charge in [-0.2, -0.15) is 0 Å². The van der Waals surface area contributed by atoms with Crippen LogP contribution in [0.4, 0.5) is 5.69 Å². The molecule has 4 heterocycles. The minimum absolute atomic E-state index is 0.250. The zero-order valence-electron chi connectivity index (χ0n) is 15.4. The highest BCUT2D eigenvalue weighted by molar-refractivity contribution is 7.98. The standard InChI is InChI=1S/C19H20N4OS.CH2O2/c1-2-16-19(21-6-1)17(22-9-7-20-8-10-22)13-23(16)25-15-4-3-14-5-11-24-18(14)12-15;2-1-3/h1-4,6,12-13,20H,5,7-11H2;1H,(H,2,3). The van der Waals surface area contributed by atoms with Gasteiger partial charge in [0.05, 0.1) is 17.8 Å². The molecule has 1 fully saturated rings. The Hall–Kier alpha value is -2.71. The van der Waals surface area contributed by atoms with Crippen LogP contribution in [0.25, 0.3) is 11.0 Å². The first-order chi connectivity index (χ1) is 13.8. The van der Waals surface area contributed by atoms with Crippen molar-refractivity contribution in [1.29, 1.82) is 0 Å². The summed E-state index contributed by atoms with van der Waals surface area (Å²) in [7, 11) is 0. The average molecular weight is 398 g/mol. The minimum atomic E-state index is -0.250. The molecule has 0 atom stereocenters. The van der Waals surface area contributed by atoms with Crippen LogP contribution >= 0.6 is 11.9 Å². The Morgan fingerprint density at radius 2 is 2.07 bits per heavy atom. The number of nitrogens with zero attached hydrogens (tertiary/aromatic N) is 3. The molecule has 28 heavy (non-hydrogen) atoms. The summed E-state index contributed by atoms with van der Waals surface area (Å²) in [6.07, 6.45) is 5.12. The van der Waals surface area contributed by atoms with E-state index in [4.69, 9.17) is 14.6 Å². The second kappa shape index (κ2) is 8.53. The Labute approximate surface area is 167 Å². The lowest BCUT2D eigenvalue weighted by molar-refractivity contribution is -0.122. The number of rotatable bonds is 3. The number of hydrogen-bond acceptors (Lipinski definition) is 6. The van der Waals surface area contributed by atoms with Gasteiger partial charge in [0, 0.05) is 49.9 Å². The van der Waals surface area contributed by atoms with Crippen LogP contribution in [0.15, 0.2) is 47.6 Å². The van der Waals surface area contributed by atoms with Crippen LogP contribution in [-0.2, 0) is 11.2 Å². The van der Waals surface area contributed by atoms with Crippen molar-refractivity contribution in [3.05, 3.63) is 48.3 Å². The van der Waals surface area contributed by atoms with Gasteiger partial charge in [0.1, 0.15) is 11.3 Å². The summed E-state index contributed by atoms with van der Waals surface area (Å²) in [5.74, 6) is 1.03. The monoisotopic (exact) mass is 398 g/mol. The van der Waals surface area contributed by atoms with Gasteiger partial charge in [0.25, 0.3) is 6.47 Å². The Morgan fingerprint density at radius 1 is 1.25 bits per heavy atom. The van der Waals surface area contributed by atoms with Crippen LogP contribution in [0, 0.1) is 0 Å². The van der Waals surface area contributed by atoms with Crippen LogP contribution < -0.4 is 15.0 Å². The molecule has 0 radical (unpaired) electrons. The number of aromatic nitrogens is 2. The van der Waals surface area contributed by atoms with E-state index in [1.165, 1.54) is 16.1 Å². The fourth-order valence-electron chi connectivity index (χ4n) is 3.54. The molecule has 0 amide bonds. The first-order valence-electron chi connectivity index (χ1n) is 9.24. The number of ether oxygens (including phenoxy) is 1. The predicted molar refractivity (Wildman–Crippen MR) is 110 cm³/mol. The fraction of sp³-hybridized carbons (Fsp3) is 0.300. The number of nitrogens with one attached hydrogen (secondary N) is 1. The molecule has 5 rings (SSSR count). The van der Waals surface area contributed by atoms with Gasteiger partial charge in [-0.05, 0) is 41.8 Å². The second-order valence-corrected chi connectivity index (χ2v) is 7.56. The molecule has 8 heteroatoms.